The fourth-order valence-electron chi connectivity index (χ4n) is 3.16. The van der Waals surface area contributed by atoms with Gasteiger partial charge in [0.15, 0.2) is 0 Å². The lowest BCUT2D eigenvalue weighted by molar-refractivity contribution is 0.0939. The van der Waals surface area contributed by atoms with Gasteiger partial charge in [-0.3, -0.25) is 9.69 Å². The van der Waals surface area contributed by atoms with Crippen molar-refractivity contribution < 1.29 is 9.21 Å². The lowest BCUT2D eigenvalue weighted by atomic mass is 9.96. The van der Waals surface area contributed by atoms with Gasteiger partial charge in [-0.1, -0.05) is 6.07 Å². The number of likely N-dealkylation sites (tertiary alicyclic amines) is 1. The molecular formula is C18H24N2O2S. The summed E-state index contributed by atoms with van der Waals surface area (Å²) in [5.41, 5.74) is 1.30. The van der Waals surface area contributed by atoms with Gasteiger partial charge < -0.3 is 9.73 Å². The molecule has 1 aliphatic heterocycles. The number of carbonyl (C=O) groups is 1. The topological polar surface area (TPSA) is 45.5 Å². The third kappa shape index (κ3) is 4.24. The molecule has 3 rings (SSSR count). The van der Waals surface area contributed by atoms with E-state index in [9.17, 15) is 4.79 Å². The maximum absolute atomic E-state index is 12.0. The minimum absolute atomic E-state index is 0.0620. The van der Waals surface area contributed by atoms with Gasteiger partial charge in [0.25, 0.3) is 5.91 Å². The van der Waals surface area contributed by atoms with Crippen molar-refractivity contribution in [1.82, 2.24) is 10.2 Å². The van der Waals surface area contributed by atoms with Gasteiger partial charge in [-0.25, -0.2) is 0 Å². The summed E-state index contributed by atoms with van der Waals surface area (Å²) in [5.74, 6) is 2.67. The molecule has 1 amide bonds. The summed E-state index contributed by atoms with van der Waals surface area (Å²) < 4.78 is 5.60. The quantitative estimate of drug-likeness (QED) is 0.910. The zero-order valence-corrected chi connectivity index (χ0v) is 14.6. The van der Waals surface area contributed by atoms with Crippen LogP contribution in [0.1, 0.15) is 39.6 Å². The summed E-state index contributed by atoms with van der Waals surface area (Å²) in [4.78, 5) is 15.3. The van der Waals surface area contributed by atoms with Crippen LogP contribution >= 0.6 is 11.3 Å². The molecule has 0 aliphatic carbocycles. The lowest BCUT2D eigenvalue weighted by Crippen LogP contribution is -2.38. The lowest BCUT2D eigenvalue weighted by Gasteiger charge is -2.31. The summed E-state index contributed by atoms with van der Waals surface area (Å²) in [6.45, 7) is 7.96. The van der Waals surface area contributed by atoms with Gasteiger partial charge in [0.1, 0.15) is 11.5 Å². The molecule has 4 nitrogen and oxygen atoms in total. The highest BCUT2D eigenvalue weighted by Crippen LogP contribution is 2.21. The smallest absolute Gasteiger partial charge is 0.261 e. The normalized spacial score (nSPS) is 16.6. The Morgan fingerprint density at radius 2 is 2.17 bits per heavy atom. The number of furan rings is 1. The second-order valence-corrected chi connectivity index (χ2v) is 7.29. The Hall–Kier alpha value is -1.59. The molecule has 2 aromatic rings. The molecule has 1 N–H and O–H groups in total. The Morgan fingerprint density at radius 3 is 2.78 bits per heavy atom. The van der Waals surface area contributed by atoms with Gasteiger partial charge in [-0.2, -0.15) is 0 Å². The van der Waals surface area contributed by atoms with Crippen LogP contribution in [0.3, 0.4) is 0 Å². The first-order valence-corrected chi connectivity index (χ1v) is 9.10. The molecule has 124 valence electrons. The molecule has 0 atom stereocenters. The number of nitrogens with zero attached hydrogens (tertiary/aromatic N) is 1. The number of aryl methyl sites for hydroxylation is 2. The Labute approximate surface area is 141 Å². The first-order valence-electron chi connectivity index (χ1n) is 8.22. The molecule has 2 aromatic heterocycles. The average molecular weight is 332 g/mol. The first kappa shape index (κ1) is 16.3. The zero-order valence-electron chi connectivity index (χ0n) is 13.8. The van der Waals surface area contributed by atoms with Crippen molar-refractivity contribution in [3.05, 3.63) is 45.5 Å². The van der Waals surface area contributed by atoms with Gasteiger partial charge >= 0.3 is 0 Å². The number of piperidine rings is 1. The van der Waals surface area contributed by atoms with E-state index in [1.807, 2.05) is 31.4 Å². The monoisotopic (exact) mass is 332 g/mol. The maximum Gasteiger partial charge on any atom is 0.261 e. The zero-order chi connectivity index (χ0) is 16.2. The number of thiophene rings is 1. The SMILES string of the molecule is Cc1cc(CN2CCC(CNC(=O)c3cccs3)CC2)c(C)o1. The fraction of sp³-hybridized carbons (Fsp3) is 0.500. The number of amides is 1. The number of nitrogens with one attached hydrogen (secondary N) is 1. The van der Waals surface area contributed by atoms with Gasteiger partial charge in [0.05, 0.1) is 4.88 Å². The number of rotatable bonds is 5. The van der Waals surface area contributed by atoms with Crippen molar-refractivity contribution >= 4 is 17.2 Å². The average Bonchev–Trinajstić information content (AvgIpc) is 3.17. The second-order valence-electron chi connectivity index (χ2n) is 6.35. The van der Waals surface area contributed by atoms with Crippen LogP contribution in [-0.4, -0.2) is 30.4 Å². The number of hydrogen-bond acceptors (Lipinski definition) is 4. The van der Waals surface area contributed by atoms with Crippen molar-refractivity contribution in [1.29, 1.82) is 0 Å². The largest absolute Gasteiger partial charge is 0.466 e. The van der Waals surface area contributed by atoms with Crippen LogP contribution < -0.4 is 5.32 Å². The van der Waals surface area contributed by atoms with E-state index in [0.717, 1.165) is 55.4 Å². The Bertz CT molecular complexity index is 640. The Morgan fingerprint density at radius 1 is 1.39 bits per heavy atom. The Balaban J connectivity index is 1.42. The van der Waals surface area contributed by atoms with Crippen LogP contribution in [0.5, 0.6) is 0 Å². The summed E-state index contributed by atoms with van der Waals surface area (Å²) in [6.07, 6.45) is 2.28. The van der Waals surface area contributed by atoms with Crippen molar-refractivity contribution in [2.45, 2.75) is 33.2 Å². The molecule has 0 unspecified atom stereocenters. The van der Waals surface area contributed by atoms with E-state index in [1.54, 1.807) is 0 Å². The molecule has 0 spiro atoms. The number of hydrogen-bond donors (Lipinski definition) is 1. The highest BCUT2D eigenvalue weighted by Gasteiger charge is 2.21. The molecule has 3 heterocycles. The van der Waals surface area contributed by atoms with Crippen LogP contribution in [0.2, 0.25) is 0 Å². The fourth-order valence-corrected chi connectivity index (χ4v) is 3.80. The molecule has 0 radical (unpaired) electrons. The maximum atomic E-state index is 12.0. The molecule has 1 fully saturated rings. The molecule has 23 heavy (non-hydrogen) atoms. The highest BCUT2D eigenvalue weighted by molar-refractivity contribution is 7.12. The van der Waals surface area contributed by atoms with Crippen LogP contribution in [0.15, 0.2) is 28.0 Å². The standard InChI is InChI=1S/C18H24N2O2S/c1-13-10-16(14(2)22-13)12-20-7-5-15(6-8-20)11-19-18(21)17-4-3-9-23-17/h3-4,9-10,15H,5-8,11-12H2,1-2H3,(H,19,21). The number of carbonyl (C=O) groups excluding carboxylic acids is 1. The predicted octanol–water partition coefficient (Wildman–Crippen LogP) is 3.60. The van der Waals surface area contributed by atoms with Gasteiger partial charge in [-0.15, -0.1) is 11.3 Å². The molecule has 5 heteroatoms. The van der Waals surface area contributed by atoms with Crippen molar-refractivity contribution in [3.8, 4) is 0 Å². The summed E-state index contributed by atoms with van der Waals surface area (Å²) in [6, 6.07) is 5.93. The second kappa shape index (κ2) is 7.32. The summed E-state index contributed by atoms with van der Waals surface area (Å²) in [5, 5.41) is 5.01. The van der Waals surface area contributed by atoms with Crippen LogP contribution in [-0.2, 0) is 6.54 Å². The third-order valence-electron chi connectivity index (χ3n) is 4.54. The summed E-state index contributed by atoms with van der Waals surface area (Å²) >= 11 is 1.49. The minimum Gasteiger partial charge on any atom is -0.466 e. The van der Waals surface area contributed by atoms with Crippen LogP contribution in [0.4, 0.5) is 0 Å². The molecular weight excluding hydrogens is 308 g/mol. The van der Waals surface area contributed by atoms with E-state index in [0.29, 0.717) is 5.92 Å². The molecule has 0 saturated carbocycles. The third-order valence-corrected chi connectivity index (χ3v) is 5.41. The van der Waals surface area contributed by atoms with Crippen molar-refractivity contribution in [3.63, 3.8) is 0 Å². The van der Waals surface area contributed by atoms with Crippen LogP contribution in [0, 0.1) is 19.8 Å². The minimum atomic E-state index is 0.0620. The van der Waals surface area contributed by atoms with Crippen molar-refractivity contribution in [2.75, 3.05) is 19.6 Å². The van der Waals surface area contributed by atoms with E-state index in [4.69, 9.17) is 4.42 Å². The summed E-state index contributed by atoms with van der Waals surface area (Å²) in [7, 11) is 0. The van der Waals surface area contributed by atoms with Crippen molar-refractivity contribution in [2.24, 2.45) is 5.92 Å². The van der Waals surface area contributed by atoms with Crippen LogP contribution in [0.25, 0.3) is 0 Å². The highest BCUT2D eigenvalue weighted by atomic mass is 32.1. The Kier molecular flexibility index (Phi) is 5.18. The molecule has 0 bridgehead atoms. The van der Waals surface area contributed by atoms with Gasteiger partial charge in [0, 0.05) is 18.7 Å². The molecule has 1 aliphatic rings. The van der Waals surface area contributed by atoms with E-state index in [2.05, 4.69) is 16.3 Å². The van der Waals surface area contributed by atoms with E-state index in [1.165, 1.54) is 16.9 Å². The first-order chi connectivity index (χ1) is 11.1. The molecule has 0 aromatic carbocycles. The van der Waals surface area contributed by atoms with E-state index in [-0.39, 0.29) is 5.91 Å². The molecule has 1 saturated heterocycles. The van der Waals surface area contributed by atoms with E-state index >= 15 is 0 Å². The van der Waals surface area contributed by atoms with Gasteiger partial charge in [0.2, 0.25) is 0 Å². The van der Waals surface area contributed by atoms with E-state index < -0.39 is 0 Å². The predicted molar refractivity (Wildman–Crippen MR) is 92.8 cm³/mol. The van der Waals surface area contributed by atoms with Gasteiger partial charge in [-0.05, 0) is 63.2 Å².